The summed E-state index contributed by atoms with van der Waals surface area (Å²) in [4.78, 5) is 45.4. The van der Waals surface area contributed by atoms with Crippen molar-refractivity contribution in [2.75, 3.05) is 52.6 Å². The van der Waals surface area contributed by atoms with Crippen LogP contribution in [-0.4, -0.2) is 76.2 Å². The molecule has 0 spiro atoms. The molecule has 0 atom stereocenters. The minimum atomic E-state index is -0.516. The zero-order valence-corrected chi connectivity index (χ0v) is 12.1. The van der Waals surface area contributed by atoms with Gasteiger partial charge in [-0.15, -0.1) is 0 Å². The lowest BCUT2D eigenvalue weighted by Gasteiger charge is -2.10. The van der Waals surface area contributed by atoms with Crippen molar-refractivity contribution in [1.29, 1.82) is 0 Å². The van der Waals surface area contributed by atoms with Crippen LogP contribution < -0.4 is 21.3 Å². The van der Waals surface area contributed by atoms with E-state index in [1.165, 1.54) is 0 Å². The second kappa shape index (κ2) is 10.5. The van der Waals surface area contributed by atoms with Crippen LogP contribution in [0.3, 0.4) is 0 Å². The first-order chi connectivity index (χ1) is 10.6. The highest BCUT2D eigenvalue weighted by Crippen LogP contribution is 1.79. The molecule has 1 heterocycles. The molecule has 0 unspecified atom stereocenters. The minimum absolute atomic E-state index is 0.176. The van der Waals surface area contributed by atoms with Crippen molar-refractivity contribution < 1.29 is 28.7 Å². The summed E-state index contributed by atoms with van der Waals surface area (Å²) in [5.41, 5.74) is 0. The number of rotatable bonds is 0. The number of nitrogens with one attached hydrogen (secondary N) is 4. The molecule has 1 rings (SSSR count). The first-order valence-electron chi connectivity index (χ1n) is 6.80. The van der Waals surface area contributed by atoms with E-state index >= 15 is 0 Å². The number of carbonyl (C=O) groups is 4. The topological polar surface area (TPSA) is 135 Å². The second-order valence-electron chi connectivity index (χ2n) is 4.36. The van der Waals surface area contributed by atoms with Gasteiger partial charge in [-0.3, -0.25) is 19.2 Å². The van der Waals surface area contributed by atoms with Crippen molar-refractivity contribution in [1.82, 2.24) is 21.3 Å². The van der Waals surface area contributed by atoms with Crippen LogP contribution in [0.1, 0.15) is 0 Å². The highest BCUT2D eigenvalue weighted by Gasteiger charge is 2.09. The van der Waals surface area contributed by atoms with Gasteiger partial charge in [-0.05, 0) is 0 Å². The molecule has 10 nitrogen and oxygen atoms in total. The Morgan fingerprint density at radius 1 is 0.591 bits per heavy atom. The maximum absolute atomic E-state index is 11.4. The summed E-state index contributed by atoms with van der Waals surface area (Å²) in [5, 5.41) is 9.80. The average molecular weight is 316 g/mol. The fourth-order valence-electron chi connectivity index (χ4n) is 1.45. The summed E-state index contributed by atoms with van der Waals surface area (Å²) >= 11 is 0. The van der Waals surface area contributed by atoms with Gasteiger partial charge in [0.1, 0.15) is 13.2 Å². The minimum Gasteiger partial charge on any atom is -0.378 e. The Morgan fingerprint density at radius 2 is 1.05 bits per heavy atom. The maximum atomic E-state index is 11.4. The van der Waals surface area contributed by atoms with Crippen LogP contribution in [0.25, 0.3) is 0 Å². The Hall–Kier alpha value is -2.20. The zero-order valence-electron chi connectivity index (χ0n) is 12.1. The highest BCUT2D eigenvalue weighted by atomic mass is 16.5. The van der Waals surface area contributed by atoms with Gasteiger partial charge in [-0.1, -0.05) is 0 Å². The fourth-order valence-corrected chi connectivity index (χ4v) is 1.45. The van der Waals surface area contributed by atoms with Crippen molar-refractivity contribution in [2.24, 2.45) is 0 Å². The molecule has 0 aliphatic carbocycles. The number of carbonyl (C=O) groups excluding carboxylic acids is 4. The van der Waals surface area contributed by atoms with Gasteiger partial charge in [0.2, 0.25) is 23.6 Å². The van der Waals surface area contributed by atoms with Gasteiger partial charge in [-0.25, -0.2) is 0 Å². The lowest BCUT2D eigenvalue weighted by molar-refractivity contribution is -0.133. The van der Waals surface area contributed by atoms with Crippen molar-refractivity contribution in [3.63, 3.8) is 0 Å². The van der Waals surface area contributed by atoms with Crippen molar-refractivity contribution in [3.8, 4) is 0 Å². The van der Waals surface area contributed by atoms with E-state index in [4.69, 9.17) is 9.47 Å². The Bertz CT molecular complexity index is 378. The first kappa shape index (κ1) is 17.9. The van der Waals surface area contributed by atoms with Gasteiger partial charge >= 0.3 is 0 Å². The summed E-state index contributed by atoms with van der Waals surface area (Å²) in [6.45, 7) is 0.121. The molecule has 0 radical (unpaired) electrons. The standard InChI is InChI=1S/C12H20N4O6/c17-9-5-15-11(19)7-22-8-12(20)16-6-10(18)14-2-4-21-3-1-13-9/h1-8H2,(H,13,17)(H,14,18)(H,15,19)(H,16,20). The van der Waals surface area contributed by atoms with Gasteiger partial charge in [0.15, 0.2) is 0 Å². The largest absolute Gasteiger partial charge is 0.378 e. The molecule has 4 amide bonds. The molecule has 1 aliphatic rings. The summed E-state index contributed by atoms with van der Waals surface area (Å²) < 4.78 is 10.1. The Balaban J connectivity index is 2.39. The van der Waals surface area contributed by atoms with Gasteiger partial charge in [0.25, 0.3) is 0 Å². The van der Waals surface area contributed by atoms with Crippen molar-refractivity contribution in [2.45, 2.75) is 0 Å². The third-order valence-corrected chi connectivity index (χ3v) is 2.50. The molecular weight excluding hydrogens is 296 g/mol. The average Bonchev–Trinajstić information content (AvgIpc) is 2.49. The van der Waals surface area contributed by atoms with Crippen molar-refractivity contribution in [3.05, 3.63) is 0 Å². The monoisotopic (exact) mass is 316 g/mol. The lowest BCUT2D eigenvalue weighted by atomic mass is 10.5. The van der Waals surface area contributed by atoms with Crippen LogP contribution in [0.15, 0.2) is 0 Å². The molecule has 22 heavy (non-hydrogen) atoms. The molecule has 4 N–H and O–H groups in total. The Morgan fingerprint density at radius 3 is 1.50 bits per heavy atom. The van der Waals surface area contributed by atoms with E-state index in [-0.39, 0.29) is 51.3 Å². The molecule has 124 valence electrons. The summed E-state index contributed by atoms with van der Waals surface area (Å²) in [7, 11) is 0. The van der Waals surface area contributed by atoms with E-state index in [2.05, 4.69) is 21.3 Å². The van der Waals surface area contributed by atoms with E-state index in [1.807, 2.05) is 0 Å². The summed E-state index contributed by atoms with van der Waals surface area (Å²) in [5.74, 6) is -1.75. The lowest BCUT2D eigenvalue weighted by Crippen LogP contribution is -2.42. The molecular formula is C12H20N4O6. The number of hydrogen-bond donors (Lipinski definition) is 4. The molecule has 1 fully saturated rings. The van der Waals surface area contributed by atoms with Crippen LogP contribution in [-0.2, 0) is 28.7 Å². The zero-order chi connectivity index (χ0) is 16.2. The van der Waals surface area contributed by atoms with E-state index in [1.54, 1.807) is 0 Å². The third kappa shape index (κ3) is 8.87. The highest BCUT2D eigenvalue weighted by molar-refractivity contribution is 5.86. The second-order valence-corrected chi connectivity index (χ2v) is 4.36. The quantitative estimate of drug-likeness (QED) is 0.366. The Labute approximate surface area is 127 Å². The summed E-state index contributed by atoms with van der Waals surface area (Å²) in [6, 6.07) is 0. The fraction of sp³-hybridized carbons (Fsp3) is 0.667. The Kier molecular flexibility index (Phi) is 8.53. The predicted octanol–water partition coefficient (Wildman–Crippen LogP) is -3.50. The molecule has 0 bridgehead atoms. The van der Waals surface area contributed by atoms with E-state index < -0.39 is 11.8 Å². The first-order valence-corrected chi connectivity index (χ1v) is 6.80. The molecule has 1 saturated heterocycles. The molecule has 0 saturated carbocycles. The van der Waals surface area contributed by atoms with Crippen LogP contribution in [0.5, 0.6) is 0 Å². The smallest absolute Gasteiger partial charge is 0.246 e. The van der Waals surface area contributed by atoms with Crippen LogP contribution >= 0.6 is 0 Å². The van der Waals surface area contributed by atoms with Crippen molar-refractivity contribution >= 4 is 23.6 Å². The number of ether oxygens (including phenoxy) is 2. The van der Waals surface area contributed by atoms with Gasteiger partial charge in [0.05, 0.1) is 26.3 Å². The van der Waals surface area contributed by atoms with Gasteiger partial charge < -0.3 is 30.7 Å². The molecule has 0 aromatic heterocycles. The normalized spacial score (nSPS) is 20.7. The molecule has 0 aromatic rings. The third-order valence-electron chi connectivity index (χ3n) is 2.50. The van der Waals surface area contributed by atoms with E-state index in [9.17, 15) is 19.2 Å². The van der Waals surface area contributed by atoms with Crippen LogP contribution in [0.2, 0.25) is 0 Å². The van der Waals surface area contributed by atoms with Gasteiger partial charge in [-0.2, -0.15) is 0 Å². The summed E-state index contributed by atoms with van der Waals surface area (Å²) in [6.07, 6.45) is 0. The molecule has 10 heteroatoms. The number of hydrogen-bond acceptors (Lipinski definition) is 6. The molecule has 0 aromatic carbocycles. The van der Waals surface area contributed by atoms with E-state index in [0.29, 0.717) is 13.1 Å². The maximum Gasteiger partial charge on any atom is 0.246 e. The van der Waals surface area contributed by atoms with Crippen LogP contribution in [0.4, 0.5) is 0 Å². The van der Waals surface area contributed by atoms with Gasteiger partial charge in [0, 0.05) is 13.1 Å². The number of amides is 4. The van der Waals surface area contributed by atoms with E-state index in [0.717, 1.165) is 0 Å². The SMILES string of the molecule is O=C1CNC(=O)COCC(=O)NCC(=O)NCCOCCN1. The molecule has 1 aliphatic heterocycles. The van der Waals surface area contributed by atoms with Crippen LogP contribution in [0, 0.1) is 0 Å². The predicted molar refractivity (Wildman–Crippen MR) is 73.7 cm³/mol.